The molecule has 2 aliphatic rings. The van der Waals surface area contributed by atoms with Crippen LogP contribution in [0, 0.1) is 16.7 Å². The highest BCUT2D eigenvalue weighted by atomic mass is 16.5. The average Bonchev–Trinajstić information content (AvgIpc) is 2.33. The van der Waals surface area contributed by atoms with Gasteiger partial charge in [-0.3, -0.25) is 9.59 Å². The van der Waals surface area contributed by atoms with Gasteiger partial charge >= 0.3 is 5.97 Å². The maximum atomic E-state index is 12.4. The number of ketones is 1. The Bertz CT molecular complexity index is 419. The van der Waals surface area contributed by atoms with E-state index in [2.05, 4.69) is 13.8 Å². The van der Waals surface area contributed by atoms with Crippen molar-refractivity contribution < 1.29 is 14.3 Å². The van der Waals surface area contributed by atoms with Crippen molar-refractivity contribution in [2.24, 2.45) is 16.7 Å². The maximum Gasteiger partial charge on any atom is 0.312 e. The number of carbonyl (C=O) groups is 2. The van der Waals surface area contributed by atoms with Crippen LogP contribution in [0.5, 0.6) is 0 Å². The Balaban J connectivity index is 2.43. The topological polar surface area (TPSA) is 43.4 Å². The minimum Gasteiger partial charge on any atom is -0.469 e. The van der Waals surface area contributed by atoms with E-state index in [0.29, 0.717) is 6.42 Å². The molecule has 3 heteroatoms. The molecular weight excluding hydrogens is 228 g/mol. The molecule has 0 bridgehead atoms. The van der Waals surface area contributed by atoms with Crippen molar-refractivity contribution in [1.82, 2.24) is 0 Å². The second-order valence-corrected chi connectivity index (χ2v) is 6.52. The molecule has 100 valence electrons. The normalized spacial score (nSPS) is 34.6. The summed E-state index contributed by atoms with van der Waals surface area (Å²) < 4.78 is 4.98. The van der Waals surface area contributed by atoms with Crippen LogP contribution in [0.3, 0.4) is 0 Å². The van der Waals surface area contributed by atoms with E-state index in [0.717, 1.165) is 24.8 Å². The molecule has 2 rings (SSSR count). The standard InChI is InChI=1S/C15H22O3/c1-10-5-6-15(13(17)18-4)8-7-14(2,3)9-11(15)12(10)16/h5,11H,6-9H2,1-4H3/t11-,15+/m0/s1. The van der Waals surface area contributed by atoms with Crippen LogP contribution < -0.4 is 0 Å². The van der Waals surface area contributed by atoms with E-state index in [9.17, 15) is 9.59 Å². The van der Waals surface area contributed by atoms with Crippen molar-refractivity contribution in [3.05, 3.63) is 11.6 Å². The van der Waals surface area contributed by atoms with Crippen LogP contribution >= 0.6 is 0 Å². The molecule has 0 N–H and O–H groups in total. The number of methoxy groups -OCH3 is 1. The molecule has 18 heavy (non-hydrogen) atoms. The summed E-state index contributed by atoms with van der Waals surface area (Å²) in [6.07, 6.45) is 5.07. The molecule has 3 nitrogen and oxygen atoms in total. The van der Waals surface area contributed by atoms with Gasteiger partial charge < -0.3 is 4.74 Å². The number of rotatable bonds is 1. The highest BCUT2D eigenvalue weighted by Crippen LogP contribution is 2.54. The van der Waals surface area contributed by atoms with E-state index in [4.69, 9.17) is 4.74 Å². The first-order chi connectivity index (χ1) is 8.32. The number of carbonyl (C=O) groups excluding carboxylic acids is 2. The van der Waals surface area contributed by atoms with Crippen LogP contribution in [0.1, 0.15) is 46.5 Å². The molecule has 1 fully saturated rings. The molecule has 0 aromatic rings. The van der Waals surface area contributed by atoms with Crippen LogP contribution in [0.4, 0.5) is 0 Å². The van der Waals surface area contributed by atoms with E-state index in [1.165, 1.54) is 7.11 Å². The van der Waals surface area contributed by atoms with Gasteiger partial charge in [0.2, 0.25) is 0 Å². The monoisotopic (exact) mass is 250 g/mol. The Morgan fingerprint density at radius 2 is 2.06 bits per heavy atom. The number of hydrogen-bond donors (Lipinski definition) is 0. The van der Waals surface area contributed by atoms with Crippen molar-refractivity contribution in [2.45, 2.75) is 46.5 Å². The van der Waals surface area contributed by atoms with Gasteiger partial charge in [0.15, 0.2) is 5.78 Å². The quantitative estimate of drug-likeness (QED) is 0.672. The number of esters is 1. The lowest BCUT2D eigenvalue weighted by molar-refractivity contribution is -0.165. The van der Waals surface area contributed by atoms with Crippen LogP contribution in [-0.4, -0.2) is 18.9 Å². The zero-order valence-electron chi connectivity index (χ0n) is 11.7. The van der Waals surface area contributed by atoms with Gasteiger partial charge in [0.1, 0.15) is 0 Å². The van der Waals surface area contributed by atoms with Crippen LogP contribution in [0.15, 0.2) is 11.6 Å². The summed E-state index contributed by atoms with van der Waals surface area (Å²) in [5.41, 5.74) is 0.341. The Labute approximate surface area is 109 Å². The summed E-state index contributed by atoms with van der Waals surface area (Å²) in [4.78, 5) is 24.6. The molecule has 0 saturated heterocycles. The SMILES string of the molecule is COC(=O)[C@@]12CC=C(C)C(=O)[C@@H]1CC(C)(C)CC2. The van der Waals surface area contributed by atoms with Gasteiger partial charge in [-0.25, -0.2) is 0 Å². The summed E-state index contributed by atoms with van der Waals surface area (Å²) in [6.45, 7) is 6.20. The van der Waals surface area contributed by atoms with Gasteiger partial charge in [0.25, 0.3) is 0 Å². The zero-order chi connectivity index (χ0) is 13.6. The van der Waals surface area contributed by atoms with Crippen LogP contribution in [0.2, 0.25) is 0 Å². The fourth-order valence-electron chi connectivity index (χ4n) is 3.42. The molecular formula is C15H22O3. The summed E-state index contributed by atoms with van der Waals surface area (Å²) in [5, 5.41) is 0. The van der Waals surface area contributed by atoms with Crippen LogP contribution in [0.25, 0.3) is 0 Å². The van der Waals surface area contributed by atoms with Crippen molar-refractivity contribution in [2.75, 3.05) is 7.11 Å². The maximum absolute atomic E-state index is 12.4. The van der Waals surface area contributed by atoms with Gasteiger partial charge in [-0.2, -0.15) is 0 Å². The van der Waals surface area contributed by atoms with Crippen molar-refractivity contribution >= 4 is 11.8 Å². The summed E-state index contributed by atoms with van der Waals surface area (Å²) in [7, 11) is 1.42. The highest BCUT2D eigenvalue weighted by Gasteiger charge is 2.55. The Hall–Kier alpha value is -1.12. The summed E-state index contributed by atoms with van der Waals surface area (Å²) in [6, 6.07) is 0. The zero-order valence-corrected chi connectivity index (χ0v) is 11.7. The van der Waals surface area contributed by atoms with Crippen molar-refractivity contribution in [3.8, 4) is 0 Å². The van der Waals surface area contributed by atoms with E-state index in [1.807, 2.05) is 13.0 Å². The molecule has 0 heterocycles. The second kappa shape index (κ2) is 4.22. The average molecular weight is 250 g/mol. The predicted molar refractivity (Wildman–Crippen MR) is 69.0 cm³/mol. The van der Waals surface area contributed by atoms with Gasteiger partial charge in [0, 0.05) is 5.92 Å². The number of allylic oxidation sites excluding steroid dienone is 2. The molecule has 0 spiro atoms. The van der Waals surface area contributed by atoms with Crippen LogP contribution in [-0.2, 0) is 14.3 Å². The fraction of sp³-hybridized carbons (Fsp3) is 0.733. The summed E-state index contributed by atoms with van der Waals surface area (Å²) in [5.74, 6) is -0.266. The molecule has 2 aliphatic carbocycles. The molecule has 0 radical (unpaired) electrons. The Morgan fingerprint density at radius 3 is 2.67 bits per heavy atom. The first kappa shape index (κ1) is 13.3. The first-order valence-electron chi connectivity index (χ1n) is 6.62. The first-order valence-corrected chi connectivity index (χ1v) is 6.62. The molecule has 1 saturated carbocycles. The summed E-state index contributed by atoms with van der Waals surface area (Å²) >= 11 is 0. The third-order valence-electron chi connectivity index (χ3n) is 4.74. The Morgan fingerprint density at radius 1 is 1.39 bits per heavy atom. The second-order valence-electron chi connectivity index (χ2n) is 6.52. The van der Waals surface area contributed by atoms with Gasteiger partial charge in [0.05, 0.1) is 12.5 Å². The molecule has 0 aromatic carbocycles. The molecule has 0 aromatic heterocycles. The molecule has 0 amide bonds. The number of Topliss-reactive ketones (excluding diaryl/α,β-unsaturated/α-hetero) is 1. The molecule has 0 aliphatic heterocycles. The van der Waals surface area contributed by atoms with E-state index >= 15 is 0 Å². The molecule has 0 unspecified atom stereocenters. The molecule has 2 atom stereocenters. The van der Waals surface area contributed by atoms with Gasteiger partial charge in [-0.1, -0.05) is 19.9 Å². The fourth-order valence-corrected chi connectivity index (χ4v) is 3.42. The lowest BCUT2D eigenvalue weighted by atomic mass is 9.54. The minimum absolute atomic E-state index is 0.134. The highest BCUT2D eigenvalue weighted by molar-refractivity contribution is 6.01. The Kier molecular flexibility index (Phi) is 3.12. The largest absolute Gasteiger partial charge is 0.469 e. The predicted octanol–water partition coefficient (Wildman–Crippen LogP) is 2.89. The lowest BCUT2D eigenvalue weighted by Gasteiger charge is -2.48. The third kappa shape index (κ3) is 1.90. The smallest absolute Gasteiger partial charge is 0.312 e. The van der Waals surface area contributed by atoms with E-state index in [1.54, 1.807) is 0 Å². The van der Waals surface area contributed by atoms with E-state index < -0.39 is 5.41 Å². The van der Waals surface area contributed by atoms with E-state index in [-0.39, 0.29) is 23.1 Å². The lowest BCUT2D eigenvalue weighted by Crippen LogP contribution is -2.50. The van der Waals surface area contributed by atoms with Gasteiger partial charge in [-0.05, 0) is 43.6 Å². The van der Waals surface area contributed by atoms with Gasteiger partial charge in [-0.15, -0.1) is 0 Å². The van der Waals surface area contributed by atoms with Crippen molar-refractivity contribution in [3.63, 3.8) is 0 Å². The van der Waals surface area contributed by atoms with Crippen molar-refractivity contribution in [1.29, 1.82) is 0 Å². The third-order valence-corrected chi connectivity index (χ3v) is 4.74. The number of hydrogen-bond acceptors (Lipinski definition) is 3. The number of fused-ring (bicyclic) bond motifs is 1. The number of ether oxygens (including phenoxy) is 1. The minimum atomic E-state index is -0.596.